The van der Waals surface area contributed by atoms with Crippen LogP contribution in [0.15, 0.2) is 17.5 Å². The van der Waals surface area contributed by atoms with Gasteiger partial charge in [-0.3, -0.25) is 0 Å². The molecular formula is C11H17NOS. The lowest BCUT2D eigenvalue weighted by atomic mass is 10.1. The molecule has 0 saturated heterocycles. The maximum absolute atomic E-state index is 9.02. The Labute approximate surface area is 89.0 Å². The number of aliphatic hydroxyl groups excluding tert-OH is 1. The normalized spacial score (nSPS) is 20.7. The molecule has 0 bridgehead atoms. The molecule has 0 radical (unpaired) electrons. The number of hydrogen-bond donors (Lipinski definition) is 2. The van der Waals surface area contributed by atoms with Gasteiger partial charge in [0.05, 0.1) is 6.61 Å². The highest BCUT2D eigenvalue weighted by molar-refractivity contribution is 7.10. The molecule has 2 rings (SSSR count). The Balaban J connectivity index is 2.01. The Morgan fingerprint density at radius 2 is 2.43 bits per heavy atom. The minimum absolute atomic E-state index is 0.197. The molecule has 14 heavy (non-hydrogen) atoms. The Kier molecular flexibility index (Phi) is 3.21. The van der Waals surface area contributed by atoms with Crippen molar-refractivity contribution in [3.05, 3.63) is 22.4 Å². The molecule has 1 aromatic heterocycles. The lowest BCUT2D eigenvalue weighted by molar-refractivity contribution is 0.237. The van der Waals surface area contributed by atoms with E-state index in [1.54, 1.807) is 0 Å². The Hall–Kier alpha value is -0.380. The summed E-state index contributed by atoms with van der Waals surface area (Å²) in [6, 6.07) is 4.95. The monoisotopic (exact) mass is 211 g/mol. The molecule has 2 nitrogen and oxygen atoms in total. The predicted molar refractivity (Wildman–Crippen MR) is 59.5 cm³/mol. The van der Waals surface area contributed by atoms with Gasteiger partial charge < -0.3 is 10.4 Å². The molecule has 2 atom stereocenters. The first kappa shape index (κ1) is 10.1. The van der Waals surface area contributed by atoms with E-state index in [0.29, 0.717) is 6.04 Å². The molecule has 1 heterocycles. The van der Waals surface area contributed by atoms with Gasteiger partial charge in [-0.15, -0.1) is 11.3 Å². The molecule has 1 saturated carbocycles. The zero-order valence-corrected chi connectivity index (χ0v) is 9.26. The molecule has 2 N–H and O–H groups in total. The maximum atomic E-state index is 9.02. The van der Waals surface area contributed by atoms with E-state index in [0.717, 1.165) is 5.92 Å². The fourth-order valence-electron chi connectivity index (χ4n) is 1.71. The van der Waals surface area contributed by atoms with Crippen LogP contribution in [0.4, 0.5) is 0 Å². The smallest absolute Gasteiger partial charge is 0.0582 e. The number of rotatable bonds is 5. The summed E-state index contributed by atoms with van der Waals surface area (Å²) in [5.74, 6) is 0.794. The highest BCUT2D eigenvalue weighted by atomic mass is 32.1. The fourth-order valence-corrected chi connectivity index (χ4v) is 2.59. The van der Waals surface area contributed by atoms with Gasteiger partial charge in [-0.25, -0.2) is 0 Å². The summed E-state index contributed by atoms with van der Waals surface area (Å²) in [6.07, 6.45) is 2.65. The summed E-state index contributed by atoms with van der Waals surface area (Å²) in [5.41, 5.74) is 0. The lowest BCUT2D eigenvalue weighted by Crippen LogP contribution is -2.33. The van der Waals surface area contributed by atoms with Crippen LogP contribution in [0.25, 0.3) is 0 Å². The lowest BCUT2D eigenvalue weighted by Gasteiger charge is -2.20. The van der Waals surface area contributed by atoms with Crippen LogP contribution in [-0.4, -0.2) is 17.8 Å². The van der Waals surface area contributed by atoms with Gasteiger partial charge in [-0.05, 0) is 37.1 Å². The number of thiophene rings is 1. The van der Waals surface area contributed by atoms with Gasteiger partial charge >= 0.3 is 0 Å². The van der Waals surface area contributed by atoms with Crippen molar-refractivity contribution in [3.63, 3.8) is 0 Å². The third kappa shape index (κ3) is 2.35. The minimum Gasteiger partial charge on any atom is -0.395 e. The van der Waals surface area contributed by atoms with E-state index >= 15 is 0 Å². The van der Waals surface area contributed by atoms with Gasteiger partial charge in [-0.1, -0.05) is 6.07 Å². The van der Waals surface area contributed by atoms with Crippen molar-refractivity contribution in [2.24, 2.45) is 5.92 Å². The van der Waals surface area contributed by atoms with Gasteiger partial charge in [0.2, 0.25) is 0 Å². The predicted octanol–water partition coefficient (Wildman–Crippen LogP) is 2.17. The summed E-state index contributed by atoms with van der Waals surface area (Å²) in [6.45, 7) is 2.25. The number of nitrogens with one attached hydrogen (secondary N) is 1. The van der Waals surface area contributed by atoms with Crippen molar-refractivity contribution in [1.29, 1.82) is 0 Å². The number of hydrogen-bond acceptors (Lipinski definition) is 3. The molecule has 1 aliphatic carbocycles. The van der Waals surface area contributed by atoms with E-state index < -0.39 is 0 Å². The average Bonchev–Trinajstić information content (AvgIpc) is 2.89. The van der Waals surface area contributed by atoms with Gasteiger partial charge in [0, 0.05) is 17.0 Å². The fraction of sp³-hybridized carbons (Fsp3) is 0.636. The largest absolute Gasteiger partial charge is 0.395 e. The van der Waals surface area contributed by atoms with Crippen LogP contribution in [0.5, 0.6) is 0 Å². The summed E-state index contributed by atoms with van der Waals surface area (Å²) < 4.78 is 0. The molecule has 0 aromatic carbocycles. The van der Waals surface area contributed by atoms with Crippen LogP contribution in [0, 0.1) is 5.92 Å². The molecule has 3 heteroatoms. The van der Waals surface area contributed by atoms with Gasteiger partial charge in [-0.2, -0.15) is 0 Å². The van der Waals surface area contributed by atoms with Gasteiger partial charge in [0.15, 0.2) is 0 Å². The van der Waals surface area contributed by atoms with Crippen molar-refractivity contribution in [2.45, 2.75) is 31.8 Å². The average molecular weight is 211 g/mol. The second kappa shape index (κ2) is 4.43. The van der Waals surface area contributed by atoms with E-state index in [-0.39, 0.29) is 12.6 Å². The highest BCUT2D eigenvalue weighted by Crippen LogP contribution is 2.42. The Morgan fingerprint density at radius 1 is 1.64 bits per heavy atom. The standard InChI is InChI=1S/C11H17NOS/c1-8(7-13)12-11(9-4-5-9)10-3-2-6-14-10/h2-3,6,8-9,11-13H,4-5,7H2,1H3/t8-,11?/m1/s1. The topological polar surface area (TPSA) is 32.3 Å². The van der Waals surface area contributed by atoms with Crippen molar-refractivity contribution in [1.82, 2.24) is 5.32 Å². The third-order valence-corrected chi connectivity index (χ3v) is 3.64. The highest BCUT2D eigenvalue weighted by Gasteiger charge is 2.33. The van der Waals surface area contributed by atoms with Crippen LogP contribution in [0.2, 0.25) is 0 Å². The van der Waals surface area contributed by atoms with E-state index in [1.165, 1.54) is 17.7 Å². The van der Waals surface area contributed by atoms with Crippen molar-refractivity contribution < 1.29 is 5.11 Å². The van der Waals surface area contributed by atoms with Crippen molar-refractivity contribution >= 4 is 11.3 Å². The first-order chi connectivity index (χ1) is 6.81. The van der Waals surface area contributed by atoms with E-state index in [9.17, 15) is 0 Å². The quantitative estimate of drug-likeness (QED) is 0.782. The van der Waals surface area contributed by atoms with Crippen LogP contribution < -0.4 is 5.32 Å². The second-order valence-electron chi connectivity index (χ2n) is 4.08. The molecule has 0 spiro atoms. The molecule has 1 aliphatic rings. The third-order valence-electron chi connectivity index (χ3n) is 2.68. The molecule has 1 fully saturated rings. The maximum Gasteiger partial charge on any atom is 0.0582 e. The van der Waals surface area contributed by atoms with Crippen molar-refractivity contribution in [2.75, 3.05) is 6.61 Å². The summed E-state index contributed by atoms with van der Waals surface area (Å²) in [5, 5.41) is 14.6. The van der Waals surface area contributed by atoms with Crippen molar-refractivity contribution in [3.8, 4) is 0 Å². The molecule has 78 valence electrons. The van der Waals surface area contributed by atoms with Gasteiger partial charge in [0.25, 0.3) is 0 Å². The van der Waals surface area contributed by atoms with E-state index in [4.69, 9.17) is 5.11 Å². The van der Waals surface area contributed by atoms with Crippen LogP contribution in [0.3, 0.4) is 0 Å². The van der Waals surface area contributed by atoms with E-state index in [1.807, 2.05) is 18.3 Å². The first-order valence-electron chi connectivity index (χ1n) is 5.21. The molecule has 0 aliphatic heterocycles. The van der Waals surface area contributed by atoms with Crippen LogP contribution in [-0.2, 0) is 0 Å². The van der Waals surface area contributed by atoms with Crippen LogP contribution >= 0.6 is 11.3 Å². The molecular weight excluding hydrogens is 194 g/mol. The Bertz CT molecular complexity index is 269. The van der Waals surface area contributed by atoms with E-state index in [2.05, 4.69) is 22.8 Å². The van der Waals surface area contributed by atoms with Gasteiger partial charge in [0.1, 0.15) is 0 Å². The summed E-state index contributed by atoms with van der Waals surface area (Å²) in [4.78, 5) is 1.41. The summed E-state index contributed by atoms with van der Waals surface area (Å²) in [7, 11) is 0. The molecule has 1 unspecified atom stereocenters. The summed E-state index contributed by atoms with van der Waals surface area (Å²) >= 11 is 1.81. The van der Waals surface area contributed by atoms with Crippen LogP contribution in [0.1, 0.15) is 30.7 Å². The molecule has 1 aromatic rings. The molecule has 0 amide bonds. The SMILES string of the molecule is C[C@H](CO)NC(c1cccs1)C1CC1. The zero-order valence-electron chi connectivity index (χ0n) is 8.44. The Morgan fingerprint density at radius 3 is 2.93 bits per heavy atom. The minimum atomic E-state index is 0.197. The second-order valence-corrected chi connectivity index (χ2v) is 5.06. The number of aliphatic hydroxyl groups is 1. The first-order valence-corrected chi connectivity index (χ1v) is 6.09. The zero-order chi connectivity index (χ0) is 9.97.